The van der Waals surface area contributed by atoms with E-state index >= 15 is 0 Å². The molecule has 1 unspecified atom stereocenters. The van der Waals surface area contributed by atoms with Gasteiger partial charge >= 0.3 is 0 Å². The van der Waals surface area contributed by atoms with Crippen LogP contribution in [0.4, 0.5) is 4.39 Å². The molecule has 3 nitrogen and oxygen atoms in total. The lowest BCUT2D eigenvalue weighted by Gasteiger charge is -2.37. The predicted octanol–water partition coefficient (Wildman–Crippen LogP) is 3.18. The van der Waals surface area contributed by atoms with Crippen molar-refractivity contribution in [2.45, 2.75) is 32.0 Å². The molecule has 0 saturated carbocycles. The van der Waals surface area contributed by atoms with Gasteiger partial charge in [-0.25, -0.2) is 4.39 Å². The van der Waals surface area contributed by atoms with E-state index in [1.54, 1.807) is 12.1 Å². The molecule has 2 aromatic carbocycles. The minimum Gasteiger partial charge on any atom is -0.366 e. The van der Waals surface area contributed by atoms with Gasteiger partial charge in [-0.15, -0.1) is 0 Å². The number of amides is 1. The maximum Gasteiger partial charge on any atom is 0.252 e. The Labute approximate surface area is 135 Å². The van der Waals surface area contributed by atoms with Crippen LogP contribution < -0.4 is 0 Å². The monoisotopic (exact) mass is 313 g/mol. The van der Waals surface area contributed by atoms with Crippen molar-refractivity contribution < 1.29 is 13.9 Å². The van der Waals surface area contributed by atoms with E-state index in [1.807, 2.05) is 42.2 Å². The van der Waals surface area contributed by atoms with Gasteiger partial charge in [-0.05, 0) is 30.2 Å². The average molecular weight is 313 g/mol. The van der Waals surface area contributed by atoms with E-state index in [0.29, 0.717) is 19.6 Å². The molecule has 0 bridgehead atoms. The minimum absolute atomic E-state index is 0.00284. The van der Waals surface area contributed by atoms with E-state index < -0.39 is 6.10 Å². The average Bonchev–Trinajstić information content (AvgIpc) is 2.57. The van der Waals surface area contributed by atoms with Gasteiger partial charge in [0, 0.05) is 13.0 Å². The Morgan fingerprint density at radius 3 is 2.48 bits per heavy atom. The Morgan fingerprint density at radius 2 is 1.78 bits per heavy atom. The molecule has 0 aromatic heterocycles. The Kier molecular flexibility index (Phi) is 4.72. The number of halogens is 1. The van der Waals surface area contributed by atoms with Crippen LogP contribution in [-0.4, -0.2) is 29.6 Å². The van der Waals surface area contributed by atoms with E-state index in [0.717, 1.165) is 11.1 Å². The first kappa shape index (κ1) is 15.7. The van der Waals surface area contributed by atoms with Gasteiger partial charge in [0.15, 0.2) is 0 Å². The first-order valence-electron chi connectivity index (χ1n) is 7.84. The molecule has 1 aliphatic rings. The lowest BCUT2D eigenvalue weighted by molar-refractivity contribution is -0.159. The molecular weight excluding hydrogens is 293 g/mol. The van der Waals surface area contributed by atoms with Crippen LogP contribution in [0.1, 0.15) is 18.1 Å². The molecule has 2 aromatic rings. The summed E-state index contributed by atoms with van der Waals surface area (Å²) in [6.45, 7) is 3.10. The number of hydrogen-bond donors (Lipinski definition) is 0. The molecule has 3 rings (SSSR count). The van der Waals surface area contributed by atoms with Gasteiger partial charge in [0.1, 0.15) is 11.9 Å². The van der Waals surface area contributed by atoms with Crippen molar-refractivity contribution >= 4 is 5.91 Å². The minimum atomic E-state index is -0.500. The molecule has 1 fully saturated rings. The zero-order chi connectivity index (χ0) is 16.2. The maximum absolute atomic E-state index is 13.0. The van der Waals surface area contributed by atoms with E-state index in [2.05, 4.69) is 0 Å². The van der Waals surface area contributed by atoms with Crippen LogP contribution >= 0.6 is 0 Å². The first-order chi connectivity index (χ1) is 11.1. The summed E-state index contributed by atoms with van der Waals surface area (Å²) in [6, 6.07) is 16.2. The first-order valence-corrected chi connectivity index (χ1v) is 7.84. The van der Waals surface area contributed by atoms with Crippen LogP contribution in [-0.2, 0) is 22.5 Å². The molecule has 2 atom stereocenters. The SMILES string of the molecule is CC1CO[C@@H](Cc2ccc(F)cc2)C(=O)N1Cc1ccccc1. The number of nitrogens with zero attached hydrogens (tertiary/aromatic N) is 1. The molecule has 1 saturated heterocycles. The van der Waals surface area contributed by atoms with Crippen LogP contribution in [0.15, 0.2) is 54.6 Å². The Hall–Kier alpha value is -2.20. The van der Waals surface area contributed by atoms with Crippen LogP contribution in [0.5, 0.6) is 0 Å². The van der Waals surface area contributed by atoms with Gasteiger partial charge in [0.2, 0.25) is 0 Å². The molecule has 0 aliphatic carbocycles. The van der Waals surface area contributed by atoms with Gasteiger partial charge in [-0.2, -0.15) is 0 Å². The molecule has 0 N–H and O–H groups in total. The quantitative estimate of drug-likeness (QED) is 0.867. The summed E-state index contributed by atoms with van der Waals surface area (Å²) in [5.41, 5.74) is 2.01. The predicted molar refractivity (Wildman–Crippen MR) is 86.3 cm³/mol. The fraction of sp³-hybridized carbons (Fsp3) is 0.316. The summed E-state index contributed by atoms with van der Waals surface area (Å²) in [6.07, 6.45) is -0.0303. The highest BCUT2D eigenvalue weighted by molar-refractivity contribution is 5.82. The lowest BCUT2D eigenvalue weighted by atomic mass is 10.0. The Morgan fingerprint density at radius 1 is 1.09 bits per heavy atom. The smallest absolute Gasteiger partial charge is 0.252 e. The second-order valence-electron chi connectivity index (χ2n) is 5.95. The Bertz CT molecular complexity index is 657. The van der Waals surface area contributed by atoms with Crippen LogP contribution in [0.25, 0.3) is 0 Å². The highest BCUT2D eigenvalue weighted by Gasteiger charge is 2.33. The van der Waals surface area contributed by atoms with E-state index in [9.17, 15) is 9.18 Å². The van der Waals surface area contributed by atoms with Crippen molar-refractivity contribution in [2.75, 3.05) is 6.61 Å². The van der Waals surface area contributed by atoms with Crippen molar-refractivity contribution in [3.8, 4) is 0 Å². The fourth-order valence-electron chi connectivity index (χ4n) is 2.81. The topological polar surface area (TPSA) is 29.5 Å². The summed E-state index contributed by atoms with van der Waals surface area (Å²) in [5, 5.41) is 0. The maximum atomic E-state index is 13.0. The number of carbonyl (C=O) groups excluding carboxylic acids is 1. The second kappa shape index (κ2) is 6.92. The summed E-state index contributed by atoms with van der Waals surface area (Å²) in [5.74, 6) is -0.277. The second-order valence-corrected chi connectivity index (χ2v) is 5.95. The molecule has 0 spiro atoms. The van der Waals surface area contributed by atoms with Gasteiger partial charge in [-0.3, -0.25) is 4.79 Å². The van der Waals surface area contributed by atoms with Crippen LogP contribution in [0.3, 0.4) is 0 Å². The van der Waals surface area contributed by atoms with Crippen molar-refractivity contribution in [3.63, 3.8) is 0 Å². The molecule has 120 valence electrons. The summed E-state index contributed by atoms with van der Waals surface area (Å²) < 4.78 is 18.7. The van der Waals surface area contributed by atoms with Crippen molar-refractivity contribution in [1.82, 2.24) is 4.90 Å². The number of hydrogen-bond acceptors (Lipinski definition) is 2. The zero-order valence-electron chi connectivity index (χ0n) is 13.1. The Balaban J connectivity index is 1.71. The molecule has 4 heteroatoms. The number of carbonyl (C=O) groups is 1. The zero-order valence-corrected chi connectivity index (χ0v) is 13.1. The molecule has 23 heavy (non-hydrogen) atoms. The van der Waals surface area contributed by atoms with Crippen molar-refractivity contribution in [2.24, 2.45) is 0 Å². The molecule has 0 radical (unpaired) electrons. The van der Waals surface area contributed by atoms with Crippen molar-refractivity contribution in [3.05, 3.63) is 71.5 Å². The third-order valence-corrected chi connectivity index (χ3v) is 4.16. The third kappa shape index (κ3) is 3.77. The number of rotatable bonds is 4. The van der Waals surface area contributed by atoms with E-state index in [1.165, 1.54) is 12.1 Å². The lowest BCUT2D eigenvalue weighted by Crippen LogP contribution is -2.52. The molecular formula is C19H20FNO2. The third-order valence-electron chi connectivity index (χ3n) is 4.16. The summed E-state index contributed by atoms with van der Waals surface area (Å²) >= 11 is 0. The van der Waals surface area contributed by atoms with Crippen molar-refractivity contribution in [1.29, 1.82) is 0 Å². The van der Waals surface area contributed by atoms with Gasteiger partial charge in [0.05, 0.1) is 12.6 Å². The highest BCUT2D eigenvalue weighted by Crippen LogP contribution is 2.20. The fourth-order valence-corrected chi connectivity index (χ4v) is 2.81. The molecule has 1 heterocycles. The largest absolute Gasteiger partial charge is 0.366 e. The van der Waals surface area contributed by atoms with Crippen LogP contribution in [0.2, 0.25) is 0 Å². The van der Waals surface area contributed by atoms with E-state index in [-0.39, 0.29) is 17.8 Å². The number of benzene rings is 2. The number of morpholine rings is 1. The standard InChI is InChI=1S/C19H20FNO2/c1-14-13-23-18(11-15-7-9-17(20)10-8-15)19(22)21(14)12-16-5-3-2-4-6-16/h2-10,14,18H,11-13H2,1H3/t14?,18-/m0/s1. The van der Waals surface area contributed by atoms with Gasteiger partial charge in [0.25, 0.3) is 5.91 Å². The van der Waals surface area contributed by atoms with E-state index in [4.69, 9.17) is 4.74 Å². The normalized spacial score (nSPS) is 21.5. The molecule has 1 aliphatic heterocycles. The highest BCUT2D eigenvalue weighted by atomic mass is 19.1. The van der Waals surface area contributed by atoms with Crippen LogP contribution in [0, 0.1) is 5.82 Å². The summed E-state index contributed by atoms with van der Waals surface area (Å²) in [7, 11) is 0. The number of ether oxygens (including phenoxy) is 1. The summed E-state index contributed by atoms with van der Waals surface area (Å²) in [4.78, 5) is 14.6. The van der Waals surface area contributed by atoms with Gasteiger partial charge in [-0.1, -0.05) is 42.5 Å². The van der Waals surface area contributed by atoms with Gasteiger partial charge < -0.3 is 9.64 Å². The molecule has 1 amide bonds.